The van der Waals surface area contributed by atoms with E-state index in [0.717, 1.165) is 12.1 Å². The molecule has 0 radical (unpaired) electrons. The molecule has 4 rings (SSSR count). The van der Waals surface area contributed by atoms with Crippen LogP contribution in [0.4, 0.5) is 20.2 Å². The summed E-state index contributed by atoms with van der Waals surface area (Å²) >= 11 is 0. The van der Waals surface area contributed by atoms with Crippen molar-refractivity contribution in [3.8, 4) is 5.75 Å². The second-order valence-corrected chi connectivity index (χ2v) is 7.28. The van der Waals surface area contributed by atoms with Gasteiger partial charge in [0.2, 0.25) is 0 Å². The Morgan fingerprint density at radius 1 is 1.03 bits per heavy atom. The number of rotatable bonds is 6. The predicted octanol–water partition coefficient (Wildman–Crippen LogP) is 3.94. The molecule has 0 atom stereocenters. The zero-order valence-electron chi connectivity index (χ0n) is 17.0. The van der Waals surface area contributed by atoms with Crippen LogP contribution in [0.2, 0.25) is 0 Å². The van der Waals surface area contributed by atoms with Crippen LogP contribution in [0.15, 0.2) is 54.6 Å². The van der Waals surface area contributed by atoms with Gasteiger partial charge in [-0.05, 0) is 42.8 Å². The number of carbonyl (C=O) groups excluding carboxylic acids is 2. The third-order valence-corrected chi connectivity index (χ3v) is 5.06. The van der Waals surface area contributed by atoms with E-state index in [0.29, 0.717) is 46.7 Å². The lowest BCUT2D eigenvalue weighted by atomic mass is 9.96. The second-order valence-electron chi connectivity index (χ2n) is 7.28. The van der Waals surface area contributed by atoms with Crippen molar-refractivity contribution in [1.82, 2.24) is 5.32 Å². The van der Waals surface area contributed by atoms with E-state index >= 15 is 0 Å². The van der Waals surface area contributed by atoms with Gasteiger partial charge in [0.05, 0.1) is 11.3 Å². The van der Waals surface area contributed by atoms with Gasteiger partial charge in [-0.25, -0.2) is 8.78 Å². The third-order valence-electron chi connectivity index (χ3n) is 5.06. The monoisotopic (exact) mass is 438 g/mol. The summed E-state index contributed by atoms with van der Waals surface area (Å²) < 4.78 is 32.9. The van der Waals surface area contributed by atoms with E-state index in [1.807, 2.05) is 0 Å². The van der Waals surface area contributed by atoms with Crippen LogP contribution >= 0.6 is 0 Å². The van der Waals surface area contributed by atoms with Gasteiger partial charge in [-0.1, -0.05) is 6.07 Å². The molecule has 1 aliphatic rings. The first kappa shape index (κ1) is 21.5. The number of aliphatic hydroxyl groups excluding tert-OH is 1. The van der Waals surface area contributed by atoms with Crippen molar-refractivity contribution in [3.63, 3.8) is 0 Å². The summed E-state index contributed by atoms with van der Waals surface area (Å²) in [4.78, 5) is 25.5. The summed E-state index contributed by atoms with van der Waals surface area (Å²) in [5.41, 5.74) is 2.21. The lowest BCUT2D eigenvalue weighted by Crippen LogP contribution is -2.25. The van der Waals surface area contributed by atoms with Gasteiger partial charge in [-0.3, -0.25) is 9.59 Å². The molecule has 3 aromatic carbocycles. The van der Waals surface area contributed by atoms with Crippen molar-refractivity contribution in [2.75, 3.05) is 18.5 Å². The number of anilines is 2. The highest BCUT2D eigenvalue weighted by atomic mass is 19.1. The van der Waals surface area contributed by atoms with Crippen molar-refractivity contribution in [2.24, 2.45) is 0 Å². The molecule has 32 heavy (non-hydrogen) atoms. The third kappa shape index (κ3) is 4.45. The standard InChI is InChI=1S/C24H20F2N2O4/c25-16-4-7-21(20(26)11-16)28-17-5-6-18-22(12-17)32-13-15-3-2-14(10-19(15)23(18)30)24(31)27-8-1-9-29/h2-7,10-12,28-29H,1,8-9,13H2,(H,27,31). The van der Waals surface area contributed by atoms with Crippen molar-refractivity contribution >= 4 is 23.1 Å². The molecule has 6 nitrogen and oxygen atoms in total. The van der Waals surface area contributed by atoms with E-state index in [9.17, 15) is 18.4 Å². The molecule has 0 saturated carbocycles. The Kier molecular flexibility index (Phi) is 6.13. The maximum Gasteiger partial charge on any atom is 0.251 e. The molecule has 0 aromatic heterocycles. The van der Waals surface area contributed by atoms with Gasteiger partial charge >= 0.3 is 0 Å². The molecule has 164 valence electrons. The number of amides is 1. The van der Waals surface area contributed by atoms with Gasteiger partial charge in [0, 0.05) is 47.7 Å². The normalized spacial score (nSPS) is 12.3. The van der Waals surface area contributed by atoms with E-state index in [2.05, 4.69) is 10.6 Å². The first-order valence-corrected chi connectivity index (χ1v) is 10.0. The lowest BCUT2D eigenvalue weighted by molar-refractivity contribution is 0.0951. The van der Waals surface area contributed by atoms with Gasteiger partial charge in [-0.15, -0.1) is 0 Å². The lowest BCUT2D eigenvalue weighted by Gasteiger charge is -2.11. The topological polar surface area (TPSA) is 87.7 Å². The van der Waals surface area contributed by atoms with Crippen LogP contribution in [0.3, 0.4) is 0 Å². The van der Waals surface area contributed by atoms with Crippen LogP contribution in [-0.4, -0.2) is 29.9 Å². The molecule has 1 aliphatic heterocycles. The molecule has 0 bridgehead atoms. The molecule has 1 heterocycles. The Morgan fingerprint density at radius 3 is 2.66 bits per heavy atom. The molecule has 0 aliphatic carbocycles. The van der Waals surface area contributed by atoms with Crippen molar-refractivity contribution in [3.05, 3.63) is 88.5 Å². The summed E-state index contributed by atoms with van der Waals surface area (Å²) in [6.07, 6.45) is 0.440. The maximum absolute atomic E-state index is 13.9. The predicted molar refractivity (Wildman–Crippen MR) is 114 cm³/mol. The van der Waals surface area contributed by atoms with E-state index in [1.165, 1.54) is 12.1 Å². The van der Waals surface area contributed by atoms with Crippen molar-refractivity contribution in [1.29, 1.82) is 0 Å². The number of ketones is 1. The highest BCUT2D eigenvalue weighted by molar-refractivity contribution is 6.13. The molecule has 0 fully saturated rings. The van der Waals surface area contributed by atoms with E-state index in [4.69, 9.17) is 9.84 Å². The first-order chi connectivity index (χ1) is 15.5. The molecular formula is C24H20F2N2O4. The fourth-order valence-corrected chi connectivity index (χ4v) is 3.39. The van der Waals surface area contributed by atoms with Crippen LogP contribution in [0, 0.1) is 11.6 Å². The Balaban J connectivity index is 1.59. The van der Waals surface area contributed by atoms with Gasteiger partial charge < -0.3 is 20.5 Å². The Labute approximate surface area is 182 Å². The smallest absolute Gasteiger partial charge is 0.251 e. The summed E-state index contributed by atoms with van der Waals surface area (Å²) in [5.74, 6) is -1.73. The van der Waals surface area contributed by atoms with Crippen LogP contribution < -0.4 is 15.4 Å². The fraction of sp³-hybridized carbons (Fsp3) is 0.167. The SMILES string of the molecule is O=C(NCCCO)c1ccc2c(c1)C(=O)c1ccc(Nc3ccc(F)cc3F)cc1OC2. The Hall–Kier alpha value is -3.78. The second kappa shape index (κ2) is 9.15. The minimum Gasteiger partial charge on any atom is -0.488 e. The summed E-state index contributed by atoms with van der Waals surface area (Å²) in [6.45, 7) is 0.424. The van der Waals surface area contributed by atoms with Crippen LogP contribution in [0.5, 0.6) is 5.75 Å². The van der Waals surface area contributed by atoms with Gasteiger partial charge in [0.15, 0.2) is 5.78 Å². The molecular weight excluding hydrogens is 418 g/mol. The number of halogens is 2. The van der Waals surface area contributed by atoms with Crippen LogP contribution in [0.1, 0.15) is 38.3 Å². The largest absolute Gasteiger partial charge is 0.488 e. The molecule has 3 N–H and O–H groups in total. The summed E-state index contributed by atoms with van der Waals surface area (Å²) in [7, 11) is 0. The number of fused-ring (bicyclic) bond motifs is 2. The minimum absolute atomic E-state index is 0.0261. The first-order valence-electron chi connectivity index (χ1n) is 10.0. The molecule has 0 unspecified atom stereocenters. The molecule has 0 spiro atoms. The average molecular weight is 438 g/mol. The zero-order valence-corrected chi connectivity index (χ0v) is 17.0. The summed E-state index contributed by atoms with van der Waals surface area (Å²) in [5, 5.41) is 14.4. The quantitative estimate of drug-likeness (QED) is 0.508. The molecule has 8 heteroatoms. The van der Waals surface area contributed by atoms with E-state index in [1.54, 1.807) is 30.3 Å². The van der Waals surface area contributed by atoms with Gasteiger partial charge in [0.25, 0.3) is 5.91 Å². The number of nitrogens with one attached hydrogen (secondary N) is 2. The minimum atomic E-state index is -0.742. The van der Waals surface area contributed by atoms with Crippen LogP contribution in [-0.2, 0) is 6.61 Å². The van der Waals surface area contributed by atoms with Crippen molar-refractivity contribution < 1.29 is 28.2 Å². The highest BCUT2D eigenvalue weighted by Gasteiger charge is 2.24. The summed E-state index contributed by atoms with van der Waals surface area (Å²) in [6, 6.07) is 12.8. The van der Waals surface area contributed by atoms with Crippen molar-refractivity contribution in [2.45, 2.75) is 13.0 Å². The molecule has 3 aromatic rings. The number of hydrogen-bond donors (Lipinski definition) is 3. The van der Waals surface area contributed by atoms with Gasteiger partial charge in [0.1, 0.15) is 24.0 Å². The Bertz CT molecular complexity index is 1200. The number of hydrogen-bond acceptors (Lipinski definition) is 5. The maximum atomic E-state index is 13.9. The number of aliphatic hydroxyl groups is 1. The Morgan fingerprint density at radius 2 is 1.88 bits per heavy atom. The van der Waals surface area contributed by atoms with E-state index < -0.39 is 11.6 Å². The molecule has 1 amide bonds. The zero-order chi connectivity index (χ0) is 22.7. The number of benzene rings is 3. The molecule has 0 saturated heterocycles. The average Bonchev–Trinajstić information content (AvgIpc) is 2.92. The number of ether oxygens (including phenoxy) is 1. The fourth-order valence-electron chi connectivity index (χ4n) is 3.39. The van der Waals surface area contributed by atoms with Gasteiger partial charge in [-0.2, -0.15) is 0 Å². The van der Waals surface area contributed by atoms with Crippen LogP contribution in [0.25, 0.3) is 0 Å². The number of carbonyl (C=O) groups is 2. The highest BCUT2D eigenvalue weighted by Crippen LogP contribution is 2.32. The van der Waals surface area contributed by atoms with E-state index in [-0.39, 0.29) is 30.6 Å².